The van der Waals surface area contributed by atoms with Gasteiger partial charge in [0, 0.05) is 17.4 Å². The van der Waals surface area contributed by atoms with Crippen LogP contribution in [0, 0.1) is 11.8 Å². The molecule has 6 heteroatoms. The largest absolute Gasteiger partial charge is 0.350 e. The van der Waals surface area contributed by atoms with Gasteiger partial charge in [0.2, 0.25) is 17.7 Å². The molecule has 3 unspecified atom stereocenters. The zero-order valence-corrected chi connectivity index (χ0v) is 15.9. The van der Waals surface area contributed by atoms with E-state index in [-0.39, 0.29) is 48.6 Å². The fourth-order valence-corrected chi connectivity index (χ4v) is 4.08. The normalized spacial score (nSPS) is 24.2. The van der Waals surface area contributed by atoms with Crippen LogP contribution in [0.5, 0.6) is 0 Å². The average molecular weight is 407 g/mol. The van der Waals surface area contributed by atoms with Crippen LogP contribution in [-0.4, -0.2) is 29.2 Å². The third-order valence-corrected chi connectivity index (χ3v) is 5.77. The maximum atomic E-state index is 12.4. The molecule has 3 amide bonds. The summed E-state index contributed by atoms with van der Waals surface area (Å²) in [6.07, 6.45) is 3.79. The molecule has 1 saturated heterocycles. The first-order valence-corrected chi connectivity index (χ1v) is 9.66. The highest BCUT2D eigenvalue weighted by molar-refractivity contribution is 9.10. The Balaban J connectivity index is 1.52. The number of nitrogens with zero attached hydrogens (tertiary/aromatic N) is 1. The molecule has 134 valence electrons. The molecule has 5 nitrogen and oxygen atoms in total. The Kier molecular flexibility index (Phi) is 5.57. The van der Waals surface area contributed by atoms with Gasteiger partial charge in [0.05, 0.1) is 17.9 Å². The molecule has 3 rings (SSSR count). The van der Waals surface area contributed by atoms with Gasteiger partial charge in [-0.15, -0.1) is 0 Å². The van der Waals surface area contributed by atoms with Crippen LogP contribution in [0.2, 0.25) is 0 Å². The number of hydrogen-bond acceptors (Lipinski definition) is 3. The maximum Gasteiger partial charge on any atom is 0.233 e. The van der Waals surface area contributed by atoms with Gasteiger partial charge in [0.25, 0.3) is 0 Å². The maximum absolute atomic E-state index is 12.4. The lowest BCUT2D eigenvalue weighted by molar-refractivity contribution is -0.140. The summed E-state index contributed by atoms with van der Waals surface area (Å²) in [7, 11) is 0. The number of carbonyl (C=O) groups is 3. The Morgan fingerprint density at radius 3 is 2.28 bits per heavy atom. The van der Waals surface area contributed by atoms with Gasteiger partial charge in [-0.25, -0.2) is 0 Å². The van der Waals surface area contributed by atoms with Crippen molar-refractivity contribution in [2.75, 3.05) is 6.54 Å². The number of fused-ring (bicyclic) bond motifs is 1. The van der Waals surface area contributed by atoms with Gasteiger partial charge in [0.1, 0.15) is 0 Å². The minimum atomic E-state index is -0.147. The zero-order valence-electron chi connectivity index (χ0n) is 14.3. The Hall–Kier alpha value is -1.69. The van der Waals surface area contributed by atoms with E-state index in [1.807, 2.05) is 31.2 Å². The molecule has 0 radical (unpaired) electrons. The number of benzene rings is 1. The highest BCUT2D eigenvalue weighted by Gasteiger charge is 2.47. The van der Waals surface area contributed by atoms with Crippen molar-refractivity contribution in [3.63, 3.8) is 0 Å². The van der Waals surface area contributed by atoms with Crippen LogP contribution < -0.4 is 5.32 Å². The summed E-state index contributed by atoms with van der Waals surface area (Å²) >= 11 is 3.39. The van der Waals surface area contributed by atoms with Crippen LogP contribution in [-0.2, 0) is 14.4 Å². The molecule has 2 aliphatic rings. The third-order valence-electron chi connectivity index (χ3n) is 5.24. The minimum Gasteiger partial charge on any atom is -0.350 e. The lowest BCUT2D eigenvalue weighted by Gasteiger charge is -2.19. The first kappa shape index (κ1) is 18.1. The Morgan fingerprint density at radius 2 is 1.72 bits per heavy atom. The average Bonchev–Trinajstić information content (AvgIpc) is 2.85. The number of nitrogens with one attached hydrogen (secondary N) is 1. The van der Waals surface area contributed by atoms with Crippen LogP contribution in [0.4, 0.5) is 0 Å². The zero-order chi connectivity index (χ0) is 18.0. The molecule has 2 fully saturated rings. The molecule has 1 aliphatic heterocycles. The molecule has 1 aliphatic carbocycles. The second kappa shape index (κ2) is 7.68. The predicted octanol–water partition coefficient (Wildman–Crippen LogP) is 3.19. The summed E-state index contributed by atoms with van der Waals surface area (Å²) in [5, 5.41) is 2.93. The quantitative estimate of drug-likeness (QED) is 0.763. The lowest BCUT2D eigenvalue weighted by atomic mass is 9.81. The van der Waals surface area contributed by atoms with Crippen molar-refractivity contribution in [3.8, 4) is 0 Å². The second-order valence-corrected chi connectivity index (χ2v) is 7.83. The van der Waals surface area contributed by atoms with Crippen molar-refractivity contribution in [2.24, 2.45) is 11.8 Å². The third kappa shape index (κ3) is 3.94. The van der Waals surface area contributed by atoms with Crippen LogP contribution in [0.1, 0.15) is 50.6 Å². The molecular formula is C19H23BrN2O3. The molecule has 1 aromatic rings. The van der Waals surface area contributed by atoms with Crippen LogP contribution in [0.3, 0.4) is 0 Å². The van der Waals surface area contributed by atoms with Crippen molar-refractivity contribution >= 4 is 33.7 Å². The first-order valence-electron chi connectivity index (χ1n) is 8.87. The van der Waals surface area contributed by atoms with Crippen molar-refractivity contribution in [1.82, 2.24) is 10.2 Å². The number of amides is 3. The molecular weight excluding hydrogens is 384 g/mol. The number of hydrogen-bond donors (Lipinski definition) is 1. The van der Waals surface area contributed by atoms with Gasteiger partial charge < -0.3 is 5.32 Å². The predicted molar refractivity (Wildman–Crippen MR) is 97.5 cm³/mol. The van der Waals surface area contributed by atoms with E-state index in [2.05, 4.69) is 21.2 Å². The molecule has 3 atom stereocenters. The standard InChI is InChI=1S/C19H23BrN2O3/c1-12(13-6-8-14(20)9-7-13)21-17(23)10-11-22-18(24)15-4-2-3-5-16(15)19(22)25/h6-9,12,15-16H,2-5,10-11H2,1H3,(H,21,23). The van der Waals surface area contributed by atoms with E-state index in [1.165, 1.54) is 4.90 Å². The fraction of sp³-hybridized carbons (Fsp3) is 0.526. The number of imide groups is 1. The molecule has 1 heterocycles. The van der Waals surface area contributed by atoms with E-state index < -0.39 is 0 Å². The molecule has 0 spiro atoms. The second-order valence-electron chi connectivity index (χ2n) is 6.92. The number of rotatable bonds is 5. The van der Waals surface area contributed by atoms with Crippen molar-refractivity contribution < 1.29 is 14.4 Å². The van der Waals surface area contributed by atoms with E-state index in [0.29, 0.717) is 0 Å². The molecule has 0 aromatic heterocycles. The van der Waals surface area contributed by atoms with Gasteiger partial charge in [0.15, 0.2) is 0 Å². The van der Waals surface area contributed by atoms with E-state index in [9.17, 15) is 14.4 Å². The summed E-state index contributed by atoms with van der Waals surface area (Å²) < 4.78 is 0.988. The van der Waals surface area contributed by atoms with Crippen molar-refractivity contribution in [3.05, 3.63) is 34.3 Å². The fourth-order valence-electron chi connectivity index (χ4n) is 3.81. The van der Waals surface area contributed by atoms with Crippen LogP contribution in [0.15, 0.2) is 28.7 Å². The van der Waals surface area contributed by atoms with Gasteiger partial charge in [-0.2, -0.15) is 0 Å². The van der Waals surface area contributed by atoms with Crippen LogP contribution >= 0.6 is 15.9 Å². The van der Waals surface area contributed by atoms with Crippen molar-refractivity contribution in [1.29, 1.82) is 0 Å². The van der Waals surface area contributed by atoms with E-state index in [4.69, 9.17) is 0 Å². The van der Waals surface area contributed by atoms with Crippen molar-refractivity contribution in [2.45, 2.75) is 45.1 Å². The summed E-state index contributed by atoms with van der Waals surface area (Å²) in [6, 6.07) is 7.65. The van der Waals surface area contributed by atoms with Gasteiger partial charge in [-0.1, -0.05) is 40.9 Å². The Labute approximate surface area is 156 Å². The lowest BCUT2D eigenvalue weighted by Crippen LogP contribution is -2.36. The van der Waals surface area contributed by atoms with Gasteiger partial charge in [-0.05, 0) is 37.5 Å². The summed E-state index contributed by atoms with van der Waals surface area (Å²) in [4.78, 5) is 38.3. The topological polar surface area (TPSA) is 66.5 Å². The Morgan fingerprint density at radius 1 is 1.16 bits per heavy atom. The van der Waals surface area contributed by atoms with E-state index in [1.54, 1.807) is 0 Å². The molecule has 1 N–H and O–H groups in total. The monoisotopic (exact) mass is 406 g/mol. The smallest absolute Gasteiger partial charge is 0.233 e. The highest BCUT2D eigenvalue weighted by atomic mass is 79.9. The van der Waals surface area contributed by atoms with Gasteiger partial charge in [-0.3, -0.25) is 19.3 Å². The Bertz CT molecular complexity index is 650. The number of likely N-dealkylation sites (tertiary alicyclic amines) is 1. The number of halogens is 1. The van der Waals surface area contributed by atoms with E-state index >= 15 is 0 Å². The summed E-state index contributed by atoms with van der Waals surface area (Å²) in [5.74, 6) is -0.602. The molecule has 0 bridgehead atoms. The minimum absolute atomic E-state index is 0.0801. The molecule has 25 heavy (non-hydrogen) atoms. The summed E-state index contributed by atoms with van der Waals surface area (Å²) in [6.45, 7) is 2.10. The number of carbonyl (C=O) groups excluding carboxylic acids is 3. The molecule has 1 aromatic carbocycles. The van der Waals surface area contributed by atoms with Crippen LogP contribution in [0.25, 0.3) is 0 Å². The van der Waals surface area contributed by atoms with Gasteiger partial charge >= 0.3 is 0 Å². The van der Waals surface area contributed by atoms with E-state index in [0.717, 1.165) is 35.7 Å². The molecule has 1 saturated carbocycles. The highest BCUT2D eigenvalue weighted by Crippen LogP contribution is 2.37. The SMILES string of the molecule is CC(NC(=O)CCN1C(=O)C2CCCCC2C1=O)c1ccc(Br)cc1. The summed E-state index contributed by atoms with van der Waals surface area (Å²) in [5.41, 5.74) is 1.01. The first-order chi connectivity index (χ1) is 12.0.